The summed E-state index contributed by atoms with van der Waals surface area (Å²) in [6.07, 6.45) is 16.2. The van der Waals surface area contributed by atoms with Crippen molar-refractivity contribution in [3.05, 3.63) is 36.5 Å². The number of carbonyl (C=O) groups is 3. The third-order valence-corrected chi connectivity index (χ3v) is 4.00. The fourth-order valence-corrected chi connectivity index (χ4v) is 2.70. The average molecular weight is 424 g/mol. The van der Waals surface area contributed by atoms with Gasteiger partial charge in [0, 0.05) is 25.2 Å². The van der Waals surface area contributed by atoms with E-state index in [4.69, 9.17) is 9.84 Å². The molecule has 1 N–H and O–H groups in total. The van der Waals surface area contributed by atoms with Crippen LogP contribution in [-0.4, -0.2) is 61.3 Å². The SMILES string of the molecule is C[N+](C)(C)CC(CC(=O)[O-])OC(=O)CCC/C=C/C/C=C/C/C=C/CCCC(=O)O. The van der Waals surface area contributed by atoms with Gasteiger partial charge in [-0.05, 0) is 38.5 Å². The van der Waals surface area contributed by atoms with E-state index in [0.717, 1.165) is 25.7 Å². The van der Waals surface area contributed by atoms with Crippen LogP contribution >= 0.6 is 0 Å². The smallest absolute Gasteiger partial charge is 0.306 e. The monoisotopic (exact) mass is 423 g/mol. The van der Waals surface area contributed by atoms with E-state index in [-0.39, 0.29) is 25.2 Å². The number of rotatable bonds is 17. The molecule has 1 unspecified atom stereocenters. The summed E-state index contributed by atoms with van der Waals surface area (Å²) < 4.78 is 5.81. The molecule has 0 aliphatic carbocycles. The number of carboxylic acids is 2. The van der Waals surface area contributed by atoms with Gasteiger partial charge in [0.25, 0.3) is 0 Å². The number of hydrogen-bond donors (Lipinski definition) is 1. The van der Waals surface area contributed by atoms with Crippen molar-refractivity contribution < 1.29 is 33.8 Å². The summed E-state index contributed by atoms with van der Waals surface area (Å²) >= 11 is 0. The maximum Gasteiger partial charge on any atom is 0.306 e. The third-order valence-electron chi connectivity index (χ3n) is 4.00. The molecule has 0 aromatic carbocycles. The molecule has 0 aliphatic heterocycles. The Bertz CT molecular complexity index is 601. The quantitative estimate of drug-likeness (QED) is 0.167. The van der Waals surface area contributed by atoms with Crippen molar-refractivity contribution in [1.29, 1.82) is 0 Å². The Morgan fingerprint density at radius 1 is 0.900 bits per heavy atom. The van der Waals surface area contributed by atoms with Gasteiger partial charge < -0.3 is 24.2 Å². The Morgan fingerprint density at radius 2 is 1.40 bits per heavy atom. The standard InChI is InChI=1S/C23H37NO6/c1-24(2,3)19-20(18-22(27)28)30-23(29)17-15-13-11-9-7-5-4-6-8-10-12-14-16-21(25)26/h4-5,8-11,20H,6-7,12-19H2,1-3H3,(H-,25,26,27,28)/b5-4+,10-8+,11-9+. The summed E-state index contributed by atoms with van der Waals surface area (Å²) in [6, 6.07) is 0. The van der Waals surface area contributed by atoms with Crippen LogP contribution in [-0.2, 0) is 19.1 Å². The second-order valence-corrected chi connectivity index (χ2v) is 8.22. The highest BCUT2D eigenvalue weighted by Gasteiger charge is 2.22. The molecule has 0 aliphatic rings. The molecule has 170 valence electrons. The van der Waals surface area contributed by atoms with Gasteiger partial charge in [0.1, 0.15) is 6.54 Å². The lowest BCUT2D eigenvalue weighted by Crippen LogP contribution is -2.45. The van der Waals surface area contributed by atoms with Crippen molar-refractivity contribution in [1.82, 2.24) is 0 Å². The number of allylic oxidation sites excluding steroid dienone is 6. The first-order chi connectivity index (χ1) is 14.1. The minimum absolute atomic E-state index is 0.208. The van der Waals surface area contributed by atoms with Gasteiger partial charge in [0.2, 0.25) is 0 Å². The third kappa shape index (κ3) is 20.3. The number of quaternary nitrogens is 1. The van der Waals surface area contributed by atoms with E-state index < -0.39 is 18.0 Å². The molecule has 0 saturated carbocycles. The molecule has 0 amide bonds. The lowest BCUT2D eigenvalue weighted by atomic mass is 10.2. The molecule has 0 rings (SSSR count). The zero-order valence-corrected chi connectivity index (χ0v) is 18.5. The van der Waals surface area contributed by atoms with Crippen LogP contribution in [0.4, 0.5) is 0 Å². The molecule has 7 nitrogen and oxygen atoms in total. The number of carboxylic acid groups (broad SMARTS) is 2. The molecule has 0 spiro atoms. The summed E-state index contributed by atoms with van der Waals surface area (Å²) in [4.78, 5) is 33.1. The van der Waals surface area contributed by atoms with E-state index in [2.05, 4.69) is 12.2 Å². The number of carbonyl (C=O) groups excluding carboxylic acids is 2. The van der Waals surface area contributed by atoms with Crippen molar-refractivity contribution in [2.45, 2.75) is 63.9 Å². The molecule has 7 heteroatoms. The normalized spacial score (nSPS) is 13.3. The number of ether oxygens (including phenoxy) is 1. The topological polar surface area (TPSA) is 104 Å². The minimum atomic E-state index is -1.22. The average Bonchev–Trinajstić information content (AvgIpc) is 2.59. The van der Waals surface area contributed by atoms with E-state index in [1.807, 2.05) is 45.4 Å². The Hall–Kier alpha value is -2.41. The molecule has 0 heterocycles. The van der Waals surface area contributed by atoms with Crippen LogP contribution < -0.4 is 5.11 Å². The summed E-state index contributed by atoms with van der Waals surface area (Å²) in [5, 5.41) is 19.4. The van der Waals surface area contributed by atoms with Crippen LogP contribution in [0.1, 0.15) is 57.8 Å². The lowest BCUT2D eigenvalue weighted by Gasteiger charge is -2.29. The zero-order chi connectivity index (χ0) is 22.8. The van der Waals surface area contributed by atoms with Crippen LogP contribution in [0, 0.1) is 0 Å². The number of aliphatic carboxylic acids is 2. The fourth-order valence-electron chi connectivity index (χ4n) is 2.70. The predicted octanol–water partition coefficient (Wildman–Crippen LogP) is 2.62. The molecule has 0 saturated heterocycles. The van der Waals surface area contributed by atoms with Crippen molar-refractivity contribution in [3.63, 3.8) is 0 Å². The summed E-state index contributed by atoms with van der Waals surface area (Å²) in [7, 11) is 5.73. The molecule has 0 bridgehead atoms. The molecule has 0 aromatic heterocycles. The maximum atomic E-state index is 11.9. The number of likely N-dealkylation sites (N-methyl/N-ethyl adjacent to an activating group) is 1. The number of unbranched alkanes of at least 4 members (excludes halogenated alkanes) is 2. The van der Waals surface area contributed by atoms with Gasteiger partial charge in [0.05, 0.1) is 21.1 Å². The van der Waals surface area contributed by atoms with Crippen molar-refractivity contribution in [2.75, 3.05) is 27.7 Å². The van der Waals surface area contributed by atoms with Crippen molar-refractivity contribution >= 4 is 17.9 Å². The van der Waals surface area contributed by atoms with Gasteiger partial charge in [-0.1, -0.05) is 36.5 Å². The van der Waals surface area contributed by atoms with E-state index in [1.54, 1.807) is 0 Å². The van der Waals surface area contributed by atoms with E-state index >= 15 is 0 Å². The first-order valence-corrected chi connectivity index (χ1v) is 10.5. The van der Waals surface area contributed by atoms with Crippen LogP contribution in [0.3, 0.4) is 0 Å². The van der Waals surface area contributed by atoms with Gasteiger partial charge >= 0.3 is 11.9 Å². The first kappa shape index (κ1) is 27.6. The predicted molar refractivity (Wildman–Crippen MR) is 114 cm³/mol. The van der Waals surface area contributed by atoms with E-state index in [0.29, 0.717) is 23.9 Å². The van der Waals surface area contributed by atoms with E-state index in [1.165, 1.54) is 0 Å². The Labute approximate surface area is 180 Å². The Morgan fingerprint density at radius 3 is 1.87 bits per heavy atom. The van der Waals surface area contributed by atoms with Crippen LogP contribution in [0.15, 0.2) is 36.5 Å². The molecule has 0 radical (unpaired) electrons. The molecular weight excluding hydrogens is 386 g/mol. The molecule has 0 fully saturated rings. The highest BCUT2D eigenvalue weighted by atomic mass is 16.5. The van der Waals surface area contributed by atoms with Gasteiger partial charge in [-0.2, -0.15) is 0 Å². The minimum Gasteiger partial charge on any atom is -0.550 e. The van der Waals surface area contributed by atoms with Crippen LogP contribution in [0.5, 0.6) is 0 Å². The number of nitrogens with zero attached hydrogens (tertiary/aromatic N) is 1. The van der Waals surface area contributed by atoms with Crippen LogP contribution in [0.25, 0.3) is 0 Å². The molecular formula is C23H37NO6. The van der Waals surface area contributed by atoms with Gasteiger partial charge in [-0.15, -0.1) is 0 Å². The van der Waals surface area contributed by atoms with Crippen LogP contribution in [0.2, 0.25) is 0 Å². The Balaban J connectivity index is 3.90. The highest BCUT2D eigenvalue weighted by Crippen LogP contribution is 2.08. The van der Waals surface area contributed by atoms with Gasteiger partial charge in [-0.3, -0.25) is 9.59 Å². The maximum absolute atomic E-state index is 11.9. The number of esters is 1. The second kappa shape index (κ2) is 16.4. The largest absolute Gasteiger partial charge is 0.550 e. The van der Waals surface area contributed by atoms with E-state index in [9.17, 15) is 19.5 Å². The summed E-state index contributed by atoms with van der Waals surface area (Å²) in [6.45, 7) is 0.420. The second-order valence-electron chi connectivity index (χ2n) is 8.22. The highest BCUT2D eigenvalue weighted by molar-refractivity contribution is 5.70. The first-order valence-electron chi connectivity index (χ1n) is 10.5. The molecule has 1 atom stereocenters. The fraction of sp³-hybridized carbons (Fsp3) is 0.609. The lowest BCUT2D eigenvalue weighted by molar-refractivity contribution is -0.873. The summed E-state index contributed by atoms with van der Waals surface area (Å²) in [5.41, 5.74) is 0. The van der Waals surface area contributed by atoms with Gasteiger partial charge in [-0.25, -0.2) is 0 Å². The Kier molecular flexibility index (Phi) is 15.1. The zero-order valence-electron chi connectivity index (χ0n) is 18.5. The van der Waals surface area contributed by atoms with Crippen molar-refractivity contribution in [3.8, 4) is 0 Å². The van der Waals surface area contributed by atoms with Gasteiger partial charge in [0.15, 0.2) is 6.10 Å². The molecule has 0 aromatic rings. The number of hydrogen-bond acceptors (Lipinski definition) is 5. The van der Waals surface area contributed by atoms with Crippen molar-refractivity contribution in [2.24, 2.45) is 0 Å². The summed E-state index contributed by atoms with van der Waals surface area (Å²) in [5.74, 6) is -2.35. The molecule has 30 heavy (non-hydrogen) atoms.